The van der Waals surface area contributed by atoms with Gasteiger partial charge < -0.3 is 10.2 Å². The molecule has 0 bridgehead atoms. The molecule has 1 amide bonds. The third-order valence-electron chi connectivity index (χ3n) is 5.37. The van der Waals surface area contributed by atoms with Gasteiger partial charge in [-0.3, -0.25) is 4.79 Å². The maximum absolute atomic E-state index is 13.7. The van der Waals surface area contributed by atoms with Crippen LogP contribution in [0.1, 0.15) is 35.0 Å². The minimum Gasteiger partial charge on any atom is -0.333 e. The molecule has 4 rings (SSSR count). The van der Waals surface area contributed by atoms with E-state index >= 15 is 0 Å². The topological polar surface area (TPSA) is 75.4 Å². The molecular formula is C20H24ClFN6O. The number of hydrogen-bond acceptors (Lipinski definition) is 5. The van der Waals surface area contributed by atoms with Crippen molar-refractivity contribution in [2.75, 3.05) is 19.6 Å². The van der Waals surface area contributed by atoms with E-state index in [0.29, 0.717) is 31.7 Å². The first kappa shape index (κ1) is 21.1. The third kappa shape index (κ3) is 4.23. The molecule has 3 heterocycles. The number of halogens is 2. The van der Waals surface area contributed by atoms with Crippen LogP contribution in [0.25, 0.3) is 5.78 Å². The predicted octanol–water partition coefficient (Wildman–Crippen LogP) is 2.41. The summed E-state index contributed by atoms with van der Waals surface area (Å²) < 4.78 is 15.4. The molecule has 3 aromatic rings. The van der Waals surface area contributed by atoms with E-state index in [4.69, 9.17) is 0 Å². The van der Waals surface area contributed by atoms with Crippen LogP contribution < -0.4 is 5.32 Å². The highest BCUT2D eigenvalue weighted by Gasteiger charge is 2.28. The monoisotopic (exact) mass is 418 g/mol. The van der Waals surface area contributed by atoms with Crippen molar-refractivity contribution in [1.29, 1.82) is 0 Å². The number of aromatic nitrogens is 4. The fourth-order valence-corrected chi connectivity index (χ4v) is 3.91. The van der Waals surface area contributed by atoms with Crippen LogP contribution >= 0.6 is 12.4 Å². The quantitative estimate of drug-likeness (QED) is 0.704. The van der Waals surface area contributed by atoms with Crippen molar-refractivity contribution < 1.29 is 9.18 Å². The second kappa shape index (κ2) is 8.84. The number of nitrogens with one attached hydrogen (secondary N) is 1. The molecule has 1 N–H and O–H groups in total. The lowest BCUT2D eigenvalue weighted by Gasteiger charge is -2.36. The summed E-state index contributed by atoms with van der Waals surface area (Å²) in [6.07, 6.45) is 2.43. The van der Waals surface area contributed by atoms with E-state index < -0.39 is 0 Å². The zero-order valence-electron chi connectivity index (χ0n) is 16.4. The lowest BCUT2D eigenvalue weighted by molar-refractivity contribution is -0.134. The number of carbonyl (C=O) groups is 1. The molecule has 2 aromatic heterocycles. The summed E-state index contributed by atoms with van der Waals surface area (Å²) in [5.74, 6) is 0.348. The Morgan fingerprint density at radius 3 is 2.97 bits per heavy atom. The first-order chi connectivity index (χ1) is 13.5. The van der Waals surface area contributed by atoms with Gasteiger partial charge in [0.25, 0.3) is 5.78 Å². The van der Waals surface area contributed by atoms with Gasteiger partial charge in [-0.2, -0.15) is 10.1 Å². The van der Waals surface area contributed by atoms with Crippen LogP contribution in [0.4, 0.5) is 4.39 Å². The first-order valence-corrected chi connectivity index (χ1v) is 9.46. The van der Waals surface area contributed by atoms with Crippen molar-refractivity contribution in [2.24, 2.45) is 0 Å². The molecule has 0 spiro atoms. The Hall–Kier alpha value is -2.58. The van der Waals surface area contributed by atoms with Gasteiger partial charge in [-0.1, -0.05) is 12.1 Å². The Balaban J connectivity index is 0.00000240. The molecule has 1 unspecified atom stereocenters. The predicted molar refractivity (Wildman–Crippen MR) is 110 cm³/mol. The summed E-state index contributed by atoms with van der Waals surface area (Å²) in [4.78, 5) is 23.5. The lowest BCUT2D eigenvalue weighted by atomic mass is 10.0. The Kier molecular flexibility index (Phi) is 6.44. The molecular weight excluding hydrogens is 395 g/mol. The van der Waals surface area contributed by atoms with Gasteiger partial charge in [0.2, 0.25) is 5.91 Å². The van der Waals surface area contributed by atoms with Crippen molar-refractivity contribution >= 4 is 24.1 Å². The number of aryl methyl sites for hydroxylation is 2. The average molecular weight is 419 g/mol. The highest BCUT2D eigenvalue weighted by atomic mass is 35.5. The van der Waals surface area contributed by atoms with Gasteiger partial charge in [0, 0.05) is 37.4 Å². The SMILES string of the molecule is Cc1nc2ncnn2c(C)c1CCC(=O)N1CCNCC1c1cccc(F)c1.Cl. The summed E-state index contributed by atoms with van der Waals surface area (Å²) in [6.45, 7) is 5.87. The minimum absolute atomic E-state index is 0. The summed E-state index contributed by atoms with van der Waals surface area (Å²) >= 11 is 0. The van der Waals surface area contributed by atoms with Crippen molar-refractivity contribution in [1.82, 2.24) is 29.8 Å². The lowest BCUT2D eigenvalue weighted by Crippen LogP contribution is -2.48. The summed E-state index contributed by atoms with van der Waals surface area (Å²) in [5.41, 5.74) is 3.66. The van der Waals surface area contributed by atoms with Crippen LogP contribution in [0.3, 0.4) is 0 Å². The van der Waals surface area contributed by atoms with Crippen LogP contribution in [0.2, 0.25) is 0 Å². The maximum Gasteiger partial charge on any atom is 0.252 e. The van der Waals surface area contributed by atoms with Gasteiger partial charge in [0.1, 0.15) is 12.1 Å². The molecule has 0 saturated carbocycles. The Labute approximate surface area is 174 Å². The van der Waals surface area contributed by atoms with E-state index in [1.54, 1.807) is 10.6 Å². The second-order valence-corrected chi connectivity index (χ2v) is 7.10. The summed E-state index contributed by atoms with van der Waals surface area (Å²) in [5, 5.41) is 7.50. The maximum atomic E-state index is 13.7. The van der Waals surface area contributed by atoms with Gasteiger partial charge >= 0.3 is 0 Å². The molecule has 1 saturated heterocycles. The smallest absolute Gasteiger partial charge is 0.252 e. The van der Waals surface area contributed by atoms with Crippen LogP contribution in [0.15, 0.2) is 30.6 Å². The van der Waals surface area contributed by atoms with E-state index in [2.05, 4.69) is 20.4 Å². The molecule has 29 heavy (non-hydrogen) atoms. The average Bonchev–Trinajstić information content (AvgIpc) is 3.16. The number of hydrogen-bond donors (Lipinski definition) is 1. The van der Waals surface area contributed by atoms with Gasteiger partial charge in [0.05, 0.1) is 6.04 Å². The van der Waals surface area contributed by atoms with Crippen molar-refractivity contribution in [3.8, 4) is 0 Å². The van der Waals surface area contributed by atoms with Crippen molar-refractivity contribution in [3.05, 3.63) is 58.9 Å². The second-order valence-electron chi connectivity index (χ2n) is 7.10. The van der Waals surface area contributed by atoms with Crippen LogP contribution in [-0.2, 0) is 11.2 Å². The number of fused-ring (bicyclic) bond motifs is 1. The molecule has 1 aliphatic rings. The third-order valence-corrected chi connectivity index (χ3v) is 5.37. The van der Waals surface area contributed by atoms with Gasteiger partial charge in [-0.25, -0.2) is 13.9 Å². The minimum atomic E-state index is -0.283. The number of rotatable bonds is 4. The summed E-state index contributed by atoms with van der Waals surface area (Å²) in [7, 11) is 0. The molecule has 1 aromatic carbocycles. The van der Waals surface area contributed by atoms with Gasteiger partial charge in [-0.15, -0.1) is 12.4 Å². The highest BCUT2D eigenvalue weighted by molar-refractivity contribution is 5.85. The number of nitrogens with zero attached hydrogens (tertiary/aromatic N) is 5. The number of benzene rings is 1. The normalized spacial score (nSPS) is 16.7. The molecule has 0 aliphatic carbocycles. The van der Waals surface area contributed by atoms with Crippen LogP contribution in [0.5, 0.6) is 0 Å². The van der Waals surface area contributed by atoms with Gasteiger partial charge in [0.15, 0.2) is 0 Å². The van der Waals surface area contributed by atoms with E-state index in [1.165, 1.54) is 18.5 Å². The molecule has 154 valence electrons. The Bertz CT molecular complexity index is 1020. The Morgan fingerprint density at radius 1 is 1.34 bits per heavy atom. The van der Waals surface area contributed by atoms with E-state index in [0.717, 1.165) is 29.1 Å². The van der Waals surface area contributed by atoms with E-state index in [-0.39, 0.29) is 30.2 Å². The largest absolute Gasteiger partial charge is 0.333 e. The molecule has 9 heteroatoms. The standard InChI is InChI=1S/C20H23FN6O.ClH/c1-13-17(14(2)27-20(25-13)23-12-24-27)6-7-19(28)26-9-8-22-11-18(26)15-4-3-5-16(21)10-15;/h3-5,10,12,18,22H,6-9,11H2,1-2H3;1H. The molecule has 0 radical (unpaired) electrons. The highest BCUT2D eigenvalue weighted by Crippen LogP contribution is 2.24. The molecule has 1 atom stereocenters. The number of carbonyl (C=O) groups excluding carboxylic acids is 1. The molecule has 1 aliphatic heterocycles. The molecule has 1 fully saturated rings. The first-order valence-electron chi connectivity index (χ1n) is 9.46. The summed E-state index contributed by atoms with van der Waals surface area (Å²) in [6, 6.07) is 6.33. The Morgan fingerprint density at radius 2 is 2.17 bits per heavy atom. The van der Waals surface area contributed by atoms with Crippen LogP contribution in [0, 0.1) is 19.7 Å². The zero-order valence-corrected chi connectivity index (χ0v) is 17.2. The zero-order chi connectivity index (χ0) is 19.7. The van der Waals surface area contributed by atoms with Crippen LogP contribution in [-0.4, -0.2) is 50.0 Å². The fraction of sp³-hybridized carbons (Fsp3) is 0.400. The van der Waals surface area contributed by atoms with E-state index in [1.807, 2.05) is 24.8 Å². The van der Waals surface area contributed by atoms with Crippen molar-refractivity contribution in [2.45, 2.75) is 32.7 Å². The van der Waals surface area contributed by atoms with Crippen molar-refractivity contribution in [3.63, 3.8) is 0 Å². The number of piperazine rings is 1. The fourth-order valence-electron chi connectivity index (χ4n) is 3.91. The molecule has 7 nitrogen and oxygen atoms in total. The number of amides is 1. The van der Waals surface area contributed by atoms with E-state index in [9.17, 15) is 9.18 Å². The van der Waals surface area contributed by atoms with Gasteiger partial charge in [-0.05, 0) is 43.5 Å².